The predicted molar refractivity (Wildman–Crippen MR) is 143 cm³/mol. The van der Waals surface area contributed by atoms with E-state index in [1.54, 1.807) is 62.3 Å². The lowest BCUT2D eigenvalue weighted by Gasteiger charge is -2.22. The van der Waals surface area contributed by atoms with Gasteiger partial charge in [-0.15, -0.1) is 0 Å². The van der Waals surface area contributed by atoms with Crippen molar-refractivity contribution in [2.45, 2.75) is 99.9 Å². The molecule has 0 radical (unpaired) electrons. The molecule has 0 aliphatic carbocycles. The maximum absolute atomic E-state index is 13.0. The van der Waals surface area contributed by atoms with E-state index in [-0.39, 0.29) is 0 Å². The molecule has 12 heteroatoms. The van der Waals surface area contributed by atoms with Crippen molar-refractivity contribution >= 4 is 34.6 Å². The average Bonchev–Trinajstić information content (AvgIpc) is 2.62. The fourth-order valence-corrected chi connectivity index (χ4v) is 2.90. The first-order valence-corrected chi connectivity index (χ1v) is 12.1. The second kappa shape index (κ2) is 11.8. The molecule has 12 nitrogen and oxygen atoms in total. The highest BCUT2D eigenvalue weighted by Gasteiger charge is 2.33. The molecule has 1 aromatic heterocycles. The zero-order valence-corrected chi connectivity index (χ0v) is 24.6. The van der Waals surface area contributed by atoms with Gasteiger partial charge in [0.2, 0.25) is 0 Å². The van der Waals surface area contributed by atoms with E-state index in [4.69, 9.17) is 14.2 Å². The minimum atomic E-state index is -1.02. The molecule has 0 bridgehead atoms. The molecular weight excluding hydrogens is 510 g/mol. The van der Waals surface area contributed by atoms with Crippen molar-refractivity contribution in [2.24, 2.45) is 0 Å². The van der Waals surface area contributed by atoms with Gasteiger partial charge in [0.1, 0.15) is 50.8 Å². The summed E-state index contributed by atoms with van der Waals surface area (Å²) in [4.78, 5) is 51.5. The molecule has 39 heavy (non-hydrogen) atoms. The number of carbonyl (C=O) groups excluding carboxylic acids is 3. The lowest BCUT2D eigenvalue weighted by atomic mass is 10.1. The number of hydrogen-bond donors (Lipinski definition) is 3. The van der Waals surface area contributed by atoms with Gasteiger partial charge in [0.15, 0.2) is 17.5 Å². The SMILES string of the molecule is C/C(O)=C(/C(=O)OC(C)(C)C)c1nc(/C(C(=O)OC(C)(C)C)=C(/C)O)nc(/C(C(=O)OC(C)(C)C)=C(/C)O)n1. The Bertz CT molecular complexity index is 1060. The van der Waals surface area contributed by atoms with E-state index in [2.05, 4.69) is 15.0 Å². The van der Waals surface area contributed by atoms with Crippen LogP contribution in [-0.2, 0) is 28.6 Å². The van der Waals surface area contributed by atoms with Crippen LogP contribution in [-0.4, -0.2) is 65.0 Å². The lowest BCUT2D eigenvalue weighted by Crippen LogP contribution is -2.28. The molecule has 0 spiro atoms. The topological polar surface area (TPSA) is 178 Å². The van der Waals surface area contributed by atoms with Crippen molar-refractivity contribution in [3.63, 3.8) is 0 Å². The van der Waals surface area contributed by atoms with Crippen LogP contribution in [0.25, 0.3) is 16.7 Å². The maximum atomic E-state index is 13.0. The van der Waals surface area contributed by atoms with Crippen LogP contribution in [0.1, 0.15) is 101 Å². The third-order valence-corrected chi connectivity index (χ3v) is 4.20. The molecule has 0 unspecified atom stereocenters. The Balaban J connectivity index is 4.12. The highest BCUT2D eigenvalue weighted by molar-refractivity contribution is 6.19. The van der Waals surface area contributed by atoms with Gasteiger partial charge in [-0.25, -0.2) is 29.3 Å². The van der Waals surface area contributed by atoms with Crippen LogP contribution in [0.5, 0.6) is 0 Å². The lowest BCUT2D eigenvalue weighted by molar-refractivity contribution is -0.148. The van der Waals surface area contributed by atoms with Crippen LogP contribution in [0.3, 0.4) is 0 Å². The highest BCUT2D eigenvalue weighted by atomic mass is 16.6. The number of nitrogens with zero attached hydrogens (tertiary/aromatic N) is 3. The van der Waals surface area contributed by atoms with Crippen LogP contribution in [0.4, 0.5) is 0 Å². The number of aliphatic hydroxyl groups is 3. The van der Waals surface area contributed by atoms with E-state index in [1.165, 1.54) is 20.8 Å². The standard InChI is InChI=1S/C27H39N3O9/c1-13(31)16(22(34)37-25(4,5)6)19-28-20(17(14(2)32)23(35)38-26(7,8)9)30-21(29-19)18(15(3)33)24(36)39-27(10,11)12/h31-33H,1-12H3/b16-13-,17-14+,18-15+. The monoisotopic (exact) mass is 549 g/mol. The molecule has 0 saturated heterocycles. The van der Waals surface area contributed by atoms with E-state index >= 15 is 0 Å². The summed E-state index contributed by atoms with van der Waals surface area (Å²) in [5.74, 6) is -6.19. The molecule has 1 aromatic rings. The number of rotatable bonds is 6. The third-order valence-electron chi connectivity index (χ3n) is 4.20. The van der Waals surface area contributed by atoms with Crippen LogP contribution in [0.2, 0.25) is 0 Å². The third kappa shape index (κ3) is 10.0. The summed E-state index contributed by atoms with van der Waals surface area (Å²) in [7, 11) is 0. The molecule has 0 aliphatic rings. The summed E-state index contributed by atoms with van der Waals surface area (Å²) in [6, 6.07) is 0. The number of hydrogen-bond acceptors (Lipinski definition) is 12. The first-order valence-electron chi connectivity index (χ1n) is 12.1. The van der Waals surface area contributed by atoms with Crippen molar-refractivity contribution in [1.29, 1.82) is 0 Å². The number of allylic oxidation sites excluding steroid dienone is 3. The van der Waals surface area contributed by atoms with Crippen LogP contribution >= 0.6 is 0 Å². The fourth-order valence-electron chi connectivity index (χ4n) is 2.90. The Kier molecular flexibility index (Phi) is 10.0. The summed E-state index contributed by atoms with van der Waals surface area (Å²) >= 11 is 0. The second-order valence-electron chi connectivity index (χ2n) is 11.7. The zero-order chi connectivity index (χ0) is 30.7. The number of esters is 3. The Morgan fingerprint density at radius 1 is 0.487 bits per heavy atom. The van der Waals surface area contributed by atoms with Crippen LogP contribution < -0.4 is 0 Å². The maximum Gasteiger partial charge on any atom is 0.345 e. The molecule has 1 rings (SSSR count). The molecule has 0 atom stereocenters. The molecule has 0 amide bonds. The zero-order valence-electron chi connectivity index (χ0n) is 24.6. The molecule has 0 aliphatic heterocycles. The summed E-state index contributed by atoms with van der Waals surface area (Å²) < 4.78 is 16.1. The Hall–Kier alpha value is -3.96. The first kappa shape index (κ1) is 33.1. The van der Waals surface area contributed by atoms with Crippen LogP contribution in [0, 0.1) is 0 Å². The first-order chi connectivity index (χ1) is 17.4. The van der Waals surface area contributed by atoms with Crippen molar-refractivity contribution in [3.05, 3.63) is 34.8 Å². The number of ether oxygens (including phenoxy) is 3. The van der Waals surface area contributed by atoms with Gasteiger partial charge in [-0.2, -0.15) is 0 Å². The van der Waals surface area contributed by atoms with Gasteiger partial charge >= 0.3 is 17.9 Å². The highest BCUT2D eigenvalue weighted by Crippen LogP contribution is 2.27. The quantitative estimate of drug-likeness (QED) is 0.192. The molecule has 0 aromatic carbocycles. The van der Waals surface area contributed by atoms with Gasteiger partial charge < -0.3 is 29.5 Å². The van der Waals surface area contributed by atoms with E-state index < -0.39 is 86.2 Å². The van der Waals surface area contributed by atoms with E-state index in [9.17, 15) is 29.7 Å². The summed E-state index contributed by atoms with van der Waals surface area (Å²) in [6.45, 7) is 18.0. The number of aliphatic hydroxyl groups excluding tert-OH is 3. The average molecular weight is 550 g/mol. The molecule has 3 N–H and O–H groups in total. The number of carbonyl (C=O) groups is 3. The smallest absolute Gasteiger partial charge is 0.345 e. The van der Waals surface area contributed by atoms with Gasteiger partial charge in [0.25, 0.3) is 0 Å². The van der Waals surface area contributed by atoms with Gasteiger partial charge in [0.05, 0.1) is 0 Å². The van der Waals surface area contributed by atoms with Crippen molar-refractivity contribution in [3.8, 4) is 0 Å². The Morgan fingerprint density at radius 3 is 0.795 bits per heavy atom. The predicted octanol–water partition coefficient (Wildman–Crippen LogP) is 4.76. The van der Waals surface area contributed by atoms with Gasteiger partial charge in [0, 0.05) is 0 Å². The molecular formula is C27H39N3O9. The van der Waals surface area contributed by atoms with Gasteiger partial charge in [-0.05, 0) is 83.1 Å². The Morgan fingerprint density at radius 2 is 0.667 bits per heavy atom. The van der Waals surface area contributed by atoms with Crippen molar-refractivity contribution in [1.82, 2.24) is 15.0 Å². The second-order valence-corrected chi connectivity index (χ2v) is 11.7. The van der Waals surface area contributed by atoms with Crippen LogP contribution in [0.15, 0.2) is 17.3 Å². The minimum Gasteiger partial charge on any atom is -0.512 e. The van der Waals surface area contributed by atoms with Gasteiger partial charge in [-0.3, -0.25) is 0 Å². The molecule has 0 fully saturated rings. The minimum absolute atomic E-state index is 0.506. The van der Waals surface area contributed by atoms with Gasteiger partial charge in [-0.1, -0.05) is 0 Å². The molecule has 0 saturated carbocycles. The number of aromatic nitrogens is 3. The summed E-state index contributed by atoms with van der Waals surface area (Å²) in [5, 5.41) is 31.2. The normalized spacial score (nSPS) is 14.5. The Labute approximate surface area is 228 Å². The van der Waals surface area contributed by atoms with Crippen molar-refractivity contribution in [2.75, 3.05) is 0 Å². The van der Waals surface area contributed by atoms with E-state index in [0.717, 1.165) is 0 Å². The van der Waals surface area contributed by atoms with Crippen molar-refractivity contribution < 1.29 is 43.9 Å². The summed E-state index contributed by atoms with van der Waals surface area (Å²) in [5.41, 5.74) is -4.43. The van der Waals surface area contributed by atoms with E-state index in [1.807, 2.05) is 0 Å². The summed E-state index contributed by atoms with van der Waals surface area (Å²) in [6.07, 6.45) is 0. The van der Waals surface area contributed by atoms with E-state index in [0.29, 0.717) is 0 Å². The molecule has 216 valence electrons. The largest absolute Gasteiger partial charge is 0.512 e. The molecule has 1 heterocycles. The fraction of sp³-hybridized carbons (Fsp3) is 0.556.